The first-order valence-corrected chi connectivity index (χ1v) is 11.1. The molecule has 6 nitrogen and oxygen atoms in total. The predicted octanol–water partition coefficient (Wildman–Crippen LogP) is 5.59. The maximum absolute atomic E-state index is 14.0. The molecule has 5 rings (SSSR count). The normalized spacial score (nSPS) is 21.9. The molecule has 0 aromatic carbocycles. The number of hydrogen-bond donors (Lipinski definition) is 0. The van der Waals surface area contributed by atoms with Gasteiger partial charge in [0, 0.05) is 17.6 Å². The smallest absolute Gasteiger partial charge is 0.259 e. The quantitative estimate of drug-likeness (QED) is 0.563. The summed E-state index contributed by atoms with van der Waals surface area (Å²) in [4.78, 5) is 20.8. The summed E-state index contributed by atoms with van der Waals surface area (Å²) in [6.07, 6.45) is 6.76. The van der Waals surface area contributed by atoms with Gasteiger partial charge in [-0.3, -0.25) is 4.79 Å². The van der Waals surface area contributed by atoms with Crippen molar-refractivity contribution in [3.8, 4) is 11.3 Å². The number of amides is 1. The Morgan fingerprint density at radius 1 is 1.03 bits per heavy atom. The number of pyridine rings is 1. The molecule has 30 heavy (non-hydrogen) atoms. The number of nitrogens with zero attached hydrogens (tertiary/aromatic N) is 3. The van der Waals surface area contributed by atoms with E-state index < -0.39 is 0 Å². The Morgan fingerprint density at radius 3 is 2.30 bits per heavy atom. The molecule has 0 aliphatic heterocycles. The van der Waals surface area contributed by atoms with E-state index >= 15 is 0 Å². The molecule has 0 atom stereocenters. The highest BCUT2D eigenvalue weighted by Crippen LogP contribution is 2.38. The molecule has 3 aromatic heterocycles. The molecule has 0 bridgehead atoms. The average Bonchev–Trinajstić information content (AvgIpc) is 3.40. The van der Waals surface area contributed by atoms with Crippen LogP contribution in [0.1, 0.15) is 73.0 Å². The van der Waals surface area contributed by atoms with E-state index in [1.165, 1.54) is 12.8 Å². The molecule has 158 valence electrons. The van der Waals surface area contributed by atoms with E-state index in [0.717, 1.165) is 54.1 Å². The zero-order chi connectivity index (χ0) is 21.0. The molecule has 3 aromatic rings. The van der Waals surface area contributed by atoms with E-state index in [2.05, 4.69) is 22.0 Å². The Kier molecular flexibility index (Phi) is 4.68. The Bertz CT molecular complexity index is 1100. The maximum atomic E-state index is 14.0. The third-order valence-electron chi connectivity index (χ3n) is 6.72. The van der Waals surface area contributed by atoms with Crippen molar-refractivity contribution in [2.45, 2.75) is 78.3 Å². The van der Waals surface area contributed by atoms with Gasteiger partial charge in [0.1, 0.15) is 11.5 Å². The number of carbonyl (C=O) groups is 1. The minimum absolute atomic E-state index is 0.0925. The zero-order valence-electron chi connectivity index (χ0n) is 18.2. The summed E-state index contributed by atoms with van der Waals surface area (Å²) in [5.74, 6) is 2.45. The van der Waals surface area contributed by atoms with Crippen LogP contribution in [0.25, 0.3) is 22.4 Å². The van der Waals surface area contributed by atoms with Gasteiger partial charge >= 0.3 is 0 Å². The Morgan fingerprint density at radius 2 is 1.70 bits per heavy atom. The van der Waals surface area contributed by atoms with Crippen LogP contribution in [-0.4, -0.2) is 33.0 Å². The first-order valence-electron chi connectivity index (χ1n) is 11.1. The van der Waals surface area contributed by atoms with Crippen LogP contribution in [0.3, 0.4) is 0 Å². The van der Waals surface area contributed by atoms with Crippen molar-refractivity contribution in [2.75, 3.05) is 0 Å². The topological polar surface area (TPSA) is 72.4 Å². The highest BCUT2D eigenvalue weighted by molar-refractivity contribution is 6.07. The minimum atomic E-state index is 0.0925. The third-order valence-corrected chi connectivity index (χ3v) is 6.72. The van der Waals surface area contributed by atoms with Crippen LogP contribution in [0.2, 0.25) is 0 Å². The first-order chi connectivity index (χ1) is 14.4. The second kappa shape index (κ2) is 7.25. The summed E-state index contributed by atoms with van der Waals surface area (Å²) in [6, 6.07) is 4.56. The van der Waals surface area contributed by atoms with E-state index in [1.54, 1.807) is 0 Å². The van der Waals surface area contributed by atoms with Crippen LogP contribution in [-0.2, 0) is 0 Å². The molecule has 2 fully saturated rings. The van der Waals surface area contributed by atoms with Gasteiger partial charge in [0.15, 0.2) is 0 Å². The second-order valence-electron chi connectivity index (χ2n) is 9.19. The van der Waals surface area contributed by atoms with Gasteiger partial charge < -0.3 is 13.8 Å². The van der Waals surface area contributed by atoms with Crippen molar-refractivity contribution in [3.63, 3.8) is 0 Å². The second-order valence-corrected chi connectivity index (χ2v) is 9.19. The molecule has 0 spiro atoms. The molecule has 0 unspecified atom stereocenters. The average molecular weight is 408 g/mol. The van der Waals surface area contributed by atoms with Gasteiger partial charge in [-0.25, -0.2) is 4.98 Å². The lowest BCUT2D eigenvalue weighted by molar-refractivity contribution is 0.0595. The lowest BCUT2D eigenvalue weighted by Gasteiger charge is -2.36. The van der Waals surface area contributed by atoms with Gasteiger partial charge in [0.05, 0.1) is 22.3 Å². The minimum Gasteiger partial charge on any atom is -0.466 e. The van der Waals surface area contributed by atoms with Gasteiger partial charge in [-0.15, -0.1) is 0 Å². The molecule has 2 saturated carbocycles. The van der Waals surface area contributed by atoms with Crippen LogP contribution >= 0.6 is 0 Å². The van der Waals surface area contributed by atoms with Gasteiger partial charge in [0.2, 0.25) is 0 Å². The fourth-order valence-electron chi connectivity index (χ4n) is 4.93. The van der Waals surface area contributed by atoms with Crippen LogP contribution < -0.4 is 0 Å². The number of carbonyl (C=O) groups excluding carboxylic acids is 1. The van der Waals surface area contributed by atoms with E-state index in [1.807, 2.05) is 32.9 Å². The summed E-state index contributed by atoms with van der Waals surface area (Å²) in [6.45, 7) is 8.02. The monoisotopic (exact) mass is 407 g/mol. The fraction of sp³-hybridized carbons (Fsp3) is 0.542. The van der Waals surface area contributed by atoms with Gasteiger partial charge in [-0.1, -0.05) is 12.1 Å². The standard InChI is InChI=1S/C24H29N3O3/c1-13-5-7-17(8-6-13)27(18-9-10-18)24(28)20-12-21(19-11-14(2)29-16(19)4)25-23-22(20)15(3)26-30-23/h11-13,17-18H,5-10H2,1-4H3. The molecular weight excluding hydrogens is 378 g/mol. The summed E-state index contributed by atoms with van der Waals surface area (Å²) >= 11 is 0. The fourth-order valence-corrected chi connectivity index (χ4v) is 4.93. The van der Waals surface area contributed by atoms with Gasteiger partial charge in [0.25, 0.3) is 11.6 Å². The van der Waals surface area contributed by atoms with Crippen molar-refractivity contribution < 1.29 is 13.7 Å². The molecule has 0 saturated heterocycles. The summed E-state index contributed by atoms with van der Waals surface area (Å²) in [5, 5.41) is 4.84. The SMILES string of the molecule is Cc1cc(-c2cc(C(=O)N(C3CCC(C)CC3)C3CC3)c3c(C)noc3n2)c(C)o1. The number of hydrogen-bond acceptors (Lipinski definition) is 5. The van der Waals surface area contributed by atoms with Crippen LogP contribution in [0, 0.1) is 26.7 Å². The molecular formula is C24H29N3O3. The van der Waals surface area contributed by atoms with E-state index in [9.17, 15) is 4.79 Å². The molecule has 6 heteroatoms. The summed E-state index contributed by atoms with van der Waals surface area (Å²) in [7, 11) is 0. The third kappa shape index (κ3) is 3.32. The largest absolute Gasteiger partial charge is 0.466 e. The molecule has 2 aliphatic rings. The van der Waals surface area contributed by atoms with Crippen molar-refractivity contribution in [1.82, 2.24) is 15.0 Å². The highest BCUT2D eigenvalue weighted by atomic mass is 16.5. The first kappa shape index (κ1) is 19.3. The highest BCUT2D eigenvalue weighted by Gasteiger charge is 2.40. The summed E-state index contributed by atoms with van der Waals surface area (Å²) in [5.41, 5.74) is 3.36. The lowest BCUT2D eigenvalue weighted by Crippen LogP contribution is -2.43. The van der Waals surface area contributed by atoms with Crippen LogP contribution in [0.5, 0.6) is 0 Å². The van der Waals surface area contributed by atoms with Crippen molar-refractivity contribution in [3.05, 3.63) is 34.9 Å². The van der Waals surface area contributed by atoms with E-state index in [4.69, 9.17) is 8.94 Å². The lowest BCUT2D eigenvalue weighted by atomic mass is 9.86. The van der Waals surface area contributed by atoms with E-state index in [0.29, 0.717) is 34.7 Å². The zero-order valence-corrected chi connectivity index (χ0v) is 18.2. The maximum Gasteiger partial charge on any atom is 0.259 e. The van der Waals surface area contributed by atoms with Crippen LogP contribution in [0.4, 0.5) is 0 Å². The molecule has 0 radical (unpaired) electrons. The summed E-state index contributed by atoms with van der Waals surface area (Å²) < 4.78 is 11.2. The molecule has 2 aliphatic carbocycles. The number of aryl methyl sites for hydroxylation is 3. The molecule has 1 amide bonds. The predicted molar refractivity (Wildman–Crippen MR) is 114 cm³/mol. The van der Waals surface area contributed by atoms with Gasteiger partial charge in [-0.05, 0) is 77.3 Å². The Balaban J connectivity index is 1.60. The van der Waals surface area contributed by atoms with E-state index in [-0.39, 0.29) is 5.91 Å². The number of aromatic nitrogens is 2. The van der Waals surface area contributed by atoms with Gasteiger partial charge in [-0.2, -0.15) is 0 Å². The Labute approximate surface area is 176 Å². The Hall–Kier alpha value is -2.63. The molecule has 0 N–H and O–H groups in total. The number of furan rings is 1. The number of rotatable bonds is 4. The van der Waals surface area contributed by atoms with Crippen molar-refractivity contribution >= 4 is 17.0 Å². The van der Waals surface area contributed by atoms with Crippen LogP contribution in [0.15, 0.2) is 21.1 Å². The molecule has 3 heterocycles. The number of fused-ring (bicyclic) bond motifs is 1. The van der Waals surface area contributed by atoms with Crippen molar-refractivity contribution in [2.24, 2.45) is 5.92 Å². The van der Waals surface area contributed by atoms with Crippen molar-refractivity contribution in [1.29, 1.82) is 0 Å².